The maximum absolute atomic E-state index is 10.3. The molecule has 1 aromatic heterocycles. The number of carbonyl (C=O) groups excluding carboxylic acids is 1. The lowest BCUT2D eigenvalue weighted by Gasteiger charge is -2.01. The number of amides is 1. The molecule has 1 heterocycles. The van der Waals surface area contributed by atoms with Gasteiger partial charge in [0.25, 0.3) is 0 Å². The number of aromatic nitrogens is 2. The van der Waals surface area contributed by atoms with Gasteiger partial charge in [-0.25, -0.2) is 0 Å². The molecule has 0 fully saturated rings. The van der Waals surface area contributed by atoms with Crippen molar-refractivity contribution in [1.82, 2.24) is 10.2 Å². The zero-order valence-corrected chi connectivity index (χ0v) is 8.81. The highest BCUT2D eigenvalue weighted by Crippen LogP contribution is 2.04. The third-order valence-electron chi connectivity index (χ3n) is 1.59. The second kappa shape index (κ2) is 6.75. The van der Waals surface area contributed by atoms with E-state index in [1.54, 1.807) is 0 Å². The van der Waals surface area contributed by atoms with E-state index in [4.69, 9.17) is 20.6 Å². The number of primary amides is 1. The Balaban J connectivity index is 2.14. The van der Waals surface area contributed by atoms with Crippen LogP contribution in [0, 0.1) is 0 Å². The van der Waals surface area contributed by atoms with Crippen molar-refractivity contribution in [3.05, 3.63) is 5.89 Å². The maximum Gasteiger partial charge on any atom is 0.315 e. The standard InChI is InChI=1S/C8H15N5O3/c9-2-1-7-12-13-8(16-7)11-3-4-15-5-6(10)14/h1-5,9H2,(H2,10,14)(H,11,13). The lowest BCUT2D eigenvalue weighted by atomic mass is 10.4. The number of hydrogen-bond acceptors (Lipinski definition) is 7. The predicted octanol–water partition coefficient (Wildman–Crippen LogP) is -1.52. The minimum absolute atomic E-state index is 0.0933. The molecule has 8 heteroatoms. The highest BCUT2D eigenvalue weighted by molar-refractivity contribution is 5.74. The molecule has 1 rings (SSSR count). The minimum atomic E-state index is -0.497. The van der Waals surface area contributed by atoms with Crippen molar-refractivity contribution in [2.45, 2.75) is 6.42 Å². The number of nitrogens with zero attached hydrogens (tertiary/aromatic N) is 2. The van der Waals surface area contributed by atoms with Gasteiger partial charge in [0.1, 0.15) is 6.61 Å². The first-order chi connectivity index (χ1) is 7.72. The number of nitrogens with two attached hydrogens (primary N) is 2. The van der Waals surface area contributed by atoms with E-state index in [-0.39, 0.29) is 6.61 Å². The summed E-state index contributed by atoms with van der Waals surface area (Å²) in [6.45, 7) is 1.16. The molecule has 0 radical (unpaired) electrons. The van der Waals surface area contributed by atoms with Crippen molar-refractivity contribution in [3.8, 4) is 0 Å². The molecule has 0 aliphatic rings. The molecule has 16 heavy (non-hydrogen) atoms. The Kier molecular flexibility index (Phi) is 5.23. The average molecular weight is 229 g/mol. The normalized spacial score (nSPS) is 10.3. The smallest absolute Gasteiger partial charge is 0.315 e. The van der Waals surface area contributed by atoms with Crippen molar-refractivity contribution in [3.63, 3.8) is 0 Å². The third kappa shape index (κ3) is 4.71. The number of nitrogens with one attached hydrogen (secondary N) is 1. The average Bonchev–Trinajstić information content (AvgIpc) is 2.65. The van der Waals surface area contributed by atoms with Crippen LogP contribution in [0.25, 0.3) is 0 Å². The van der Waals surface area contributed by atoms with E-state index in [1.165, 1.54) is 0 Å². The quantitative estimate of drug-likeness (QED) is 0.462. The zero-order chi connectivity index (χ0) is 11.8. The van der Waals surface area contributed by atoms with Crippen LogP contribution in [-0.2, 0) is 16.0 Å². The lowest BCUT2D eigenvalue weighted by Crippen LogP contribution is -2.20. The Morgan fingerprint density at radius 3 is 3.00 bits per heavy atom. The molecule has 0 atom stereocenters. The Morgan fingerprint density at radius 2 is 2.31 bits per heavy atom. The third-order valence-corrected chi connectivity index (χ3v) is 1.59. The summed E-state index contributed by atoms with van der Waals surface area (Å²) in [5.74, 6) is -0.00826. The summed E-state index contributed by atoms with van der Waals surface area (Å²) in [6, 6.07) is 0.311. The largest absolute Gasteiger partial charge is 0.408 e. The molecule has 0 aliphatic carbocycles. The molecule has 5 N–H and O–H groups in total. The van der Waals surface area contributed by atoms with Crippen LogP contribution in [0.3, 0.4) is 0 Å². The van der Waals surface area contributed by atoms with Crippen molar-refractivity contribution in [2.75, 3.05) is 31.6 Å². The first-order valence-corrected chi connectivity index (χ1v) is 4.84. The van der Waals surface area contributed by atoms with Crippen LogP contribution in [0.15, 0.2) is 4.42 Å². The molecule has 0 spiro atoms. The maximum atomic E-state index is 10.3. The fraction of sp³-hybridized carbons (Fsp3) is 0.625. The number of hydrogen-bond donors (Lipinski definition) is 3. The van der Waals surface area contributed by atoms with Gasteiger partial charge in [0.15, 0.2) is 0 Å². The van der Waals surface area contributed by atoms with E-state index >= 15 is 0 Å². The van der Waals surface area contributed by atoms with Crippen LogP contribution in [0.2, 0.25) is 0 Å². The number of anilines is 1. The van der Waals surface area contributed by atoms with E-state index in [2.05, 4.69) is 15.5 Å². The zero-order valence-electron chi connectivity index (χ0n) is 8.81. The SMILES string of the molecule is NCCc1nnc(NCCOCC(N)=O)o1. The monoisotopic (exact) mass is 229 g/mol. The predicted molar refractivity (Wildman–Crippen MR) is 55.6 cm³/mol. The summed E-state index contributed by atoms with van der Waals surface area (Å²) in [4.78, 5) is 10.3. The molecule has 0 unspecified atom stereocenters. The number of rotatable bonds is 8. The summed E-state index contributed by atoms with van der Waals surface area (Å²) in [6.07, 6.45) is 0.548. The first-order valence-electron chi connectivity index (χ1n) is 4.84. The summed E-state index contributed by atoms with van der Waals surface area (Å²) in [5, 5.41) is 10.3. The first kappa shape index (κ1) is 12.4. The van der Waals surface area contributed by atoms with Crippen molar-refractivity contribution in [1.29, 1.82) is 0 Å². The summed E-state index contributed by atoms with van der Waals surface area (Å²) in [5.41, 5.74) is 10.2. The molecule has 1 amide bonds. The van der Waals surface area contributed by atoms with Crippen molar-refractivity contribution in [2.24, 2.45) is 11.5 Å². The van der Waals surface area contributed by atoms with Crippen LogP contribution in [0.5, 0.6) is 0 Å². The topological polar surface area (TPSA) is 129 Å². The molecule has 90 valence electrons. The highest BCUT2D eigenvalue weighted by Gasteiger charge is 2.03. The van der Waals surface area contributed by atoms with Gasteiger partial charge in [0.2, 0.25) is 11.8 Å². The van der Waals surface area contributed by atoms with Gasteiger partial charge >= 0.3 is 6.01 Å². The van der Waals surface area contributed by atoms with Crippen molar-refractivity contribution < 1.29 is 13.9 Å². The van der Waals surface area contributed by atoms with Crippen LogP contribution in [-0.4, -0.2) is 42.4 Å². The molecular formula is C8H15N5O3. The Hall–Kier alpha value is -1.67. The van der Waals surface area contributed by atoms with E-state index in [0.717, 1.165) is 0 Å². The Bertz CT molecular complexity index is 327. The molecule has 0 bridgehead atoms. The molecule has 0 aliphatic heterocycles. The van der Waals surface area contributed by atoms with Gasteiger partial charge in [-0.1, -0.05) is 5.10 Å². The van der Waals surface area contributed by atoms with Gasteiger partial charge in [-0.3, -0.25) is 4.79 Å². The molecule has 0 aromatic carbocycles. The lowest BCUT2D eigenvalue weighted by molar-refractivity contribution is -0.122. The second-order valence-corrected chi connectivity index (χ2v) is 2.99. The molecular weight excluding hydrogens is 214 g/mol. The summed E-state index contributed by atoms with van der Waals surface area (Å²) >= 11 is 0. The van der Waals surface area contributed by atoms with Gasteiger partial charge in [0.05, 0.1) is 6.61 Å². The van der Waals surface area contributed by atoms with E-state index in [9.17, 15) is 4.79 Å². The number of ether oxygens (including phenoxy) is 1. The molecule has 0 saturated carbocycles. The van der Waals surface area contributed by atoms with Crippen molar-refractivity contribution >= 4 is 11.9 Å². The fourth-order valence-electron chi connectivity index (χ4n) is 0.952. The minimum Gasteiger partial charge on any atom is -0.408 e. The highest BCUT2D eigenvalue weighted by atomic mass is 16.5. The molecule has 8 nitrogen and oxygen atoms in total. The Labute approximate surface area is 92.3 Å². The van der Waals surface area contributed by atoms with Crippen LogP contribution in [0.1, 0.15) is 5.89 Å². The van der Waals surface area contributed by atoms with Crippen LogP contribution < -0.4 is 16.8 Å². The van der Waals surface area contributed by atoms with Gasteiger partial charge in [-0.05, 0) is 0 Å². The van der Waals surface area contributed by atoms with E-state index in [0.29, 0.717) is 38.0 Å². The van der Waals surface area contributed by atoms with Crippen LogP contribution >= 0.6 is 0 Å². The molecule has 1 aromatic rings. The van der Waals surface area contributed by atoms with Gasteiger partial charge in [0, 0.05) is 19.5 Å². The van der Waals surface area contributed by atoms with Crippen LogP contribution in [0.4, 0.5) is 6.01 Å². The molecule has 0 saturated heterocycles. The fourth-order valence-corrected chi connectivity index (χ4v) is 0.952. The number of carbonyl (C=O) groups is 1. The Morgan fingerprint density at radius 1 is 1.50 bits per heavy atom. The van der Waals surface area contributed by atoms with Gasteiger partial charge in [-0.2, -0.15) is 0 Å². The second-order valence-electron chi connectivity index (χ2n) is 2.99. The van der Waals surface area contributed by atoms with Gasteiger partial charge in [-0.15, -0.1) is 5.10 Å². The van der Waals surface area contributed by atoms with Gasteiger partial charge < -0.3 is 25.9 Å². The van der Waals surface area contributed by atoms with E-state index in [1.807, 2.05) is 0 Å². The van der Waals surface area contributed by atoms with E-state index < -0.39 is 5.91 Å². The summed E-state index contributed by atoms with van der Waals surface area (Å²) < 4.78 is 10.1. The summed E-state index contributed by atoms with van der Waals surface area (Å²) in [7, 11) is 0.